The van der Waals surface area contributed by atoms with Crippen molar-refractivity contribution in [3.8, 4) is 0 Å². The molecule has 7 heteroatoms. The lowest BCUT2D eigenvalue weighted by atomic mass is 10.0. The molecular weight excluding hydrogens is 370 g/mol. The highest BCUT2D eigenvalue weighted by Gasteiger charge is 2.16. The number of hydrogen-bond acceptors (Lipinski definition) is 5. The van der Waals surface area contributed by atoms with Gasteiger partial charge in [-0.15, -0.1) is 5.10 Å². The summed E-state index contributed by atoms with van der Waals surface area (Å²) in [5, 5.41) is 10.9. The second kappa shape index (κ2) is 9.45. The molecule has 6 nitrogen and oxygen atoms in total. The van der Waals surface area contributed by atoms with Gasteiger partial charge in [-0.3, -0.25) is 9.89 Å². The number of anilines is 2. The van der Waals surface area contributed by atoms with Crippen molar-refractivity contribution in [2.75, 3.05) is 29.1 Å². The van der Waals surface area contributed by atoms with Gasteiger partial charge in [-0.05, 0) is 49.4 Å². The van der Waals surface area contributed by atoms with Crippen LogP contribution in [0.2, 0.25) is 0 Å². The third-order valence-corrected chi connectivity index (χ3v) is 6.58. The van der Waals surface area contributed by atoms with E-state index in [1.54, 1.807) is 0 Å². The molecule has 0 atom stereocenters. The summed E-state index contributed by atoms with van der Waals surface area (Å²) in [6, 6.07) is 8.12. The van der Waals surface area contributed by atoms with Crippen molar-refractivity contribution < 1.29 is 4.79 Å². The lowest BCUT2D eigenvalue weighted by molar-refractivity contribution is -0.113. The van der Waals surface area contributed by atoms with Gasteiger partial charge in [-0.2, -0.15) is 0 Å². The maximum atomic E-state index is 12.2. The average Bonchev–Trinajstić information content (AvgIpc) is 3.48. The Morgan fingerprint density at radius 2 is 1.89 bits per heavy atom. The number of H-pyrrole nitrogens is 1. The summed E-state index contributed by atoms with van der Waals surface area (Å²) in [7, 11) is 0. The van der Waals surface area contributed by atoms with E-state index in [1.807, 2.05) is 12.1 Å². The number of amides is 1. The molecule has 4 rings (SSSR count). The Hall–Kier alpha value is -2.02. The zero-order valence-electron chi connectivity index (χ0n) is 16.3. The molecule has 0 radical (unpaired) electrons. The van der Waals surface area contributed by atoms with Crippen molar-refractivity contribution in [3.63, 3.8) is 0 Å². The van der Waals surface area contributed by atoms with Crippen LogP contribution in [0.3, 0.4) is 0 Å². The van der Waals surface area contributed by atoms with E-state index in [1.165, 1.54) is 62.4 Å². The molecule has 2 N–H and O–H groups in total. The fraction of sp³-hybridized carbons (Fsp3) is 0.571. The first kappa shape index (κ1) is 19.3. The van der Waals surface area contributed by atoms with E-state index in [2.05, 4.69) is 37.5 Å². The molecule has 2 fully saturated rings. The molecule has 1 aromatic heterocycles. The summed E-state index contributed by atoms with van der Waals surface area (Å²) in [6.45, 7) is 2.25. The lowest BCUT2D eigenvalue weighted by Crippen LogP contribution is -2.18. The quantitative estimate of drug-likeness (QED) is 0.649. The van der Waals surface area contributed by atoms with Gasteiger partial charge in [0, 0.05) is 30.9 Å². The Labute approximate surface area is 170 Å². The highest BCUT2D eigenvalue weighted by molar-refractivity contribution is 7.99. The molecule has 1 aliphatic heterocycles. The van der Waals surface area contributed by atoms with E-state index in [-0.39, 0.29) is 5.91 Å². The predicted octanol–water partition coefficient (Wildman–Crippen LogP) is 4.26. The summed E-state index contributed by atoms with van der Waals surface area (Å²) in [6.07, 6.45) is 10.1. The summed E-state index contributed by atoms with van der Waals surface area (Å²) in [5.74, 6) is 2.07. The largest absolute Gasteiger partial charge is 0.372 e. The van der Waals surface area contributed by atoms with Crippen LogP contribution in [0.25, 0.3) is 0 Å². The van der Waals surface area contributed by atoms with Gasteiger partial charge in [-0.1, -0.05) is 37.4 Å². The second-order valence-electron chi connectivity index (χ2n) is 7.83. The first-order valence-corrected chi connectivity index (χ1v) is 11.4. The van der Waals surface area contributed by atoms with E-state index >= 15 is 0 Å². The van der Waals surface area contributed by atoms with Crippen molar-refractivity contribution in [1.29, 1.82) is 0 Å². The highest BCUT2D eigenvalue weighted by Crippen LogP contribution is 2.28. The number of aromatic amines is 1. The first-order valence-electron chi connectivity index (χ1n) is 10.5. The molecule has 1 amide bonds. The fourth-order valence-electron chi connectivity index (χ4n) is 4.15. The Morgan fingerprint density at radius 1 is 1.14 bits per heavy atom. The number of rotatable bonds is 8. The number of carbonyl (C=O) groups is 1. The molecule has 2 aromatic rings. The molecule has 2 heterocycles. The molecule has 1 saturated carbocycles. The Bertz CT molecular complexity index is 763. The van der Waals surface area contributed by atoms with Gasteiger partial charge < -0.3 is 10.2 Å². The molecule has 0 spiro atoms. The molecule has 1 aliphatic carbocycles. The number of carbonyl (C=O) groups excluding carboxylic acids is 1. The molecule has 0 bridgehead atoms. The van der Waals surface area contributed by atoms with Gasteiger partial charge in [0.2, 0.25) is 11.1 Å². The minimum atomic E-state index is -0.0313. The summed E-state index contributed by atoms with van der Waals surface area (Å²) < 4.78 is 0. The van der Waals surface area contributed by atoms with Crippen molar-refractivity contribution in [1.82, 2.24) is 15.2 Å². The van der Waals surface area contributed by atoms with Crippen LogP contribution >= 0.6 is 11.8 Å². The SMILES string of the molecule is O=C(CSc1n[nH]c(CCC2CCCC2)n1)Nc1ccc(N2CCCC2)cc1. The van der Waals surface area contributed by atoms with Crippen LogP contribution in [0.5, 0.6) is 0 Å². The van der Waals surface area contributed by atoms with Gasteiger partial charge in [0.1, 0.15) is 5.82 Å². The standard InChI is InChI=1S/C21H29N5OS/c27-20(22-17-8-10-18(11-9-17)26-13-3-4-14-26)15-28-21-23-19(24-25-21)12-7-16-5-1-2-6-16/h8-11,16H,1-7,12-15H2,(H,22,27)(H,23,24,25). The zero-order chi connectivity index (χ0) is 19.2. The smallest absolute Gasteiger partial charge is 0.234 e. The summed E-state index contributed by atoms with van der Waals surface area (Å²) in [5.41, 5.74) is 2.07. The van der Waals surface area contributed by atoms with E-state index in [0.717, 1.165) is 36.9 Å². The van der Waals surface area contributed by atoms with Crippen LogP contribution in [0.15, 0.2) is 29.4 Å². The number of hydrogen-bond donors (Lipinski definition) is 2. The zero-order valence-corrected chi connectivity index (χ0v) is 17.1. The van der Waals surface area contributed by atoms with E-state index < -0.39 is 0 Å². The average molecular weight is 400 g/mol. The monoisotopic (exact) mass is 399 g/mol. The first-order chi connectivity index (χ1) is 13.8. The molecule has 2 aliphatic rings. The number of nitrogens with one attached hydrogen (secondary N) is 2. The number of aromatic nitrogens is 3. The van der Waals surface area contributed by atoms with Crippen molar-refractivity contribution >= 4 is 29.0 Å². The van der Waals surface area contributed by atoms with E-state index in [0.29, 0.717) is 10.9 Å². The summed E-state index contributed by atoms with van der Waals surface area (Å²) in [4.78, 5) is 19.1. The third kappa shape index (κ3) is 5.28. The predicted molar refractivity (Wildman–Crippen MR) is 114 cm³/mol. The number of thioether (sulfide) groups is 1. The van der Waals surface area contributed by atoms with Crippen LogP contribution in [0.1, 0.15) is 50.8 Å². The van der Waals surface area contributed by atoms with E-state index in [9.17, 15) is 4.79 Å². The molecule has 1 saturated heterocycles. The van der Waals surface area contributed by atoms with Crippen LogP contribution in [-0.4, -0.2) is 39.9 Å². The lowest BCUT2D eigenvalue weighted by Gasteiger charge is -2.17. The van der Waals surface area contributed by atoms with Gasteiger partial charge in [0.15, 0.2) is 0 Å². The number of benzene rings is 1. The molecule has 28 heavy (non-hydrogen) atoms. The van der Waals surface area contributed by atoms with Gasteiger partial charge in [0.25, 0.3) is 0 Å². The van der Waals surface area contributed by atoms with E-state index in [4.69, 9.17) is 0 Å². The molecule has 1 aromatic carbocycles. The van der Waals surface area contributed by atoms with Crippen molar-refractivity contribution in [3.05, 3.63) is 30.1 Å². The summed E-state index contributed by atoms with van der Waals surface area (Å²) >= 11 is 1.38. The van der Waals surface area contributed by atoms with Gasteiger partial charge >= 0.3 is 0 Å². The minimum Gasteiger partial charge on any atom is -0.372 e. The van der Waals surface area contributed by atoms with Gasteiger partial charge in [0.05, 0.1) is 5.75 Å². The van der Waals surface area contributed by atoms with Crippen LogP contribution in [0.4, 0.5) is 11.4 Å². The third-order valence-electron chi connectivity index (χ3n) is 5.73. The maximum absolute atomic E-state index is 12.2. The van der Waals surface area contributed by atoms with Gasteiger partial charge in [-0.25, -0.2) is 4.98 Å². The molecule has 150 valence electrons. The highest BCUT2D eigenvalue weighted by atomic mass is 32.2. The topological polar surface area (TPSA) is 73.9 Å². The molecule has 0 unspecified atom stereocenters. The minimum absolute atomic E-state index is 0.0313. The van der Waals surface area contributed by atoms with Crippen LogP contribution < -0.4 is 10.2 Å². The Balaban J connectivity index is 1.20. The number of aryl methyl sites for hydroxylation is 1. The molecular formula is C21H29N5OS. The fourth-order valence-corrected chi connectivity index (χ4v) is 4.77. The Morgan fingerprint density at radius 3 is 2.64 bits per heavy atom. The van der Waals surface area contributed by atoms with Crippen molar-refractivity contribution in [2.45, 2.75) is 56.5 Å². The van der Waals surface area contributed by atoms with Crippen LogP contribution in [0, 0.1) is 5.92 Å². The van der Waals surface area contributed by atoms with Crippen molar-refractivity contribution in [2.24, 2.45) is 5.92 Å². The maximum Gasteiger partial charge on any atom is 0.234 e. The normalized spacial score (nSPS) is 17.4. The number of nitrogens with zero attached hydrogens (tertiary/aromatic N) is 3. The Kier molecular flexibility index (Phi) is 6.52. The van der Waals surface area contributed by atoms with Crippen LogP contribution in [-0.2, 0) is 11.2 Å². The second-order valence-corrected chi connectivity index (χ2v) is 8.77.